The van der Waals surface area contributed by atoms with Crippen molar-refractivity contribution in [3.05, 3.63) is 11.1 Å². The lowest BCUT2D eigenvalue weighted by Gasteiger charge is -2.07. The highest BCUT2D eigenvalue weighted by Crippen LogP contribution is 2.32. The number of amides is 1. The molecule has 94 valence electrons. The van der Waals surface area contributed by atoms with E-state index in [-0.39, 0.29) is 17.0 Å². The molecular formula is C10H11F3N2OS. The number of anilines is 1. The lowest BCUT2D eigenvalue weighted by molar-refractivity contribution is -0.140. The van der Waals surface area contributed by atoms with Crippen LogP contribution in [0.5, 0.6) is 0 Å². The molecule has 7 heteroatoms. The van der Waals surface area contributed by atoms with Crippen molar-refractivity contribution in [3.8, 4) is 0 Å². The highest BCUT2D eigenvalue weighted by atomic mass is 32.1. The third-order valence-corrected chi connectivity index (χ3v) is 3.51. The number of hydrogen-bond acceptors (Lipinski definition) is 3. The summed E-state index contributed by atoms with van der Waals surface area (Å²) < 4.78 is 36.8. The first-order valence-corrected chi connectivity index (χ1v) is 6.18. The minimum atomic E-state index is -4.45. The standard InChI is InChI=1S/C10H11F3N2OS/c11-10(12,13)7-5-17-9(14-7)15-8(16)6-3-1-2-4-6/h5-6H,1-4H2,(H,14,15,16). The van der Waals surface area contributed by atoms with Crippen LogP contribution in [0.3, 0.4) is 0 Å². The first-order chi connectivity index (χ1) is 7.97. The fourth-order valence-electron chi connectivity index (χ4n) is 1.86. The minimum absolute atomic E-state index is 0.0224. The van der Waals surface area contributed by atoms with E-state index in [2.05, 4.69) is 10.3 Å². The number of thiazole rings is 1. The molecule has 1 saturated carbocycles. The maximum atomic E-state index is 12.3. The van der Waals surface area contributed by atoms with E-state index in [4.69, 9.17) is 0 Å². The Morgan fingerprint density at radius 3 is 2.59 bits per heavy atom. The summed E-state index contributed by atoms with van der Waals surface area (Å²) in [4.78, 5) is 15.0. The number of hydrogen-bond donors (Lipinski definition) is 1. The second kappa shape index (κ2) is 4.64. The number of carbonyl (C=O) groups excluding carboxylic acids is 1. The molecule has 1 fully saturated rings. The van der Waals surface area contributed by atoms with Crippen molar-refractivity contribution in [2.45, 2.75) is 31.9 Å². The van der Waals surface area contributed by atoms with Crippen LogP contribution >= 0.6 is 11.3 Å². The van der Waals surface area contributed by atoms with Gasteiger partial charge < -0.3 is 5.32 Å². The van der Waals surface area contributed by atoms with E-state index in [0.29, 0.717) is 0 Å². The summed E-state index contributed by atoms with van der Waals surface area (Å²) in [6.45, 7) is 0. The Hall–Kier alpha value is -1.11. The van der Waals surface area contributed by atoms with E-state index in [9.17, 15) is 18.0 Å². The average molecular weight is 264 g/mol. The SMILES string of the molecule is O=C(Nc1nc(C(F)(F)F)cs1)C1CCCC1. The molecule has 0 spiro atoms. The van der Waals surface area contributed by atoms with Gasteiger partial charge in [-0.25, -0.2) is 4.98 Å². The number of halogens is 3. The van der Waals surface area contributed by atoms with E-state index < -0.39 is 11.9 Å². The van der Waals surface area contributed by atoms with E-state index in [1.54, 1.807) is 0 Å². The number of nitrogens with one attached hydrogen (secondary N) is 1. The Morgan fingerprint density at radius 2 is 2.06 bits per heavy atom. The molecule has 1 aromatic heterocycles. The number of nitrogens with zero attached hydrogens (tertiary/aromatic N) is 1. The van der Waals surface area contributed by atoms with Crippen LogP contribution in [0.2, 0.25) is 0 Å². The highest BCUT2D eigenvalue weighted by Gasteiger charge is 2.34. The van der Waals surface area contributed by atoms with Crippen LogP contribution in [-0.4, -0.2) is 10.9 Å². The number of carbonyl (C=O) groups is 1. The maximum Gasteiger partial charge on any atom is 0.434 e. The van der Waals surface area contributed by atoms with Crippen molar-refractivity contribution in [2.75, 3.05) is 5.32 Å². The predicted octanol–water partition coefficient (Wildman–Crippen LogP) is 3.29. The number of rotatable bonds is 2. The normalized spacial score (nSPS) is 17.4. The van der Waals surface area contributed by atoms with Crippen LogP contribution in [0.4, 0.5) is 18.3 Å². The largest absolute Gasteiger partial charge is 0.434 e. The molecule has 3 nitrogen and oxygen atoms in total. The van der Waals surface area contributed by atoms with Gasteiger partial charge in [0.25, 0.3) is 0 Å². The lowest BCUT2D eigenvalue weighted by atomic mass is 10.1. The molecule has 0 atom stereocenters. The quantitative estimate of drug-likeness (QED) is 0.890. The van der Waals surface area contributed by atoms with Gasteiger partial charge in [-0.05, 0) is 12.8 Å². The van der Waals surface area contributed by atoms with Crippen molar-refractivity contribution in [3.63, 3.8) is 0 Å². The first-order valence-electron chi connectivity index (χ1n) is 5.30. The van der Waals surface area contributed by atoms with Crippen LogP contribution < -0.4 is 5.32 Å². The summed E-state index contributed by atoms with van der Waals surface area (Å²) in [6.07, 6.45) is -0.826. The Balaban J connectivity index is 1.99. The van der Waals surface area contributed by atoms with E-state index in [1.165, 1.54) is 0 Å². The summed E-state index contributed by atoms with van der Waals surface area (Å²) in [7, 11) is 0. The van der Waals surface area contributed by atoms with Gasteiger partial charge in [0.2, 0.25) is 5.91 Å². The fourth-order valence-corrected chi connectivity index (χ4v) is 2.58. The molecule has 1 aliphatic carbocycles. The Morgan fingerprint density at radius 1 is 1.41 bits per heavy atom. The molecule has 0 aromatic carbocycles. The molecule has 0 saturated heterocycles. The molecule has 0 bridgehead atoms. The van der Waals surface area contributed by atoms with Gasteiger partial charge in [-0.15, -0.1) is 11.3 Å². The molecule has 0 radical (unpaired) electrons. The molecule has 1 aromatic rings. The van der Waals surface area contributed by atoms with Crippen molar-refractivity contribution in [1.29, 1.82) is 0 Å². The Bertz CT molecular complexity index is 410. The maximum absolute atomic E-state index is 12.3. The molecule has 0 aliphatic heterocycles. The predicted molar refractivity (Wildman–Crippen MR) is 57.7 cm³/mol. The second-order valence-electron chi connectivity index (χ2n) is 4.01. The van der Waals surface area contributed by atoms with Crippen LogP contribution in [-0.2, 0) is 11.0 Å². The van der Waals surface area contributed by atoms with Crippen molar-refractivity contribution < 1.29 is 18.0 Å². The summed E-state index contributed by atoms with van der Waals surface area (Å²) in [6, 6.07) is 0. The van der Waals surface area contributed by atoms with Gasteiger partial charge in [-0.2, -0.15) is 13.2 Å². The molecule has 1 heterocycles. The summed E-state index contributed by atoms with van der Waals surface area (Å²) in [5, 5.41) is 3.37. The third-order valence-electron chi connectivity index (χ3n) is 2.75. The Labute approximate surface area is 100 Å². The van der Waals surface area contributed by atoms with Gasteiger partial charge in [0.15, 0.2) is 10.8 Å². The van der Waals surface area contributed by atoms with Crippen LogP contribution in [0, 0.1) is 5.92 Å². The van der Waals surface area contributed by atoms with E-state index in [0.717, 1.165) is 42.4 Å². The first kappa shape index (κ1) is 12.3. The van der Waals surface area contributed by atoms with Crippen molar-refractivity contribution in [2.24, 2.45) is 5.92 Å². The molecule has 0 unspecified atom stereocenters. The smallest absolute Gasteiger partial charge is 0.302 e. The average Bonchev–Trinajstić information content (AvgIpc) is 2.85. The number of alkyl halides is 3. The van der Waals surface area contributed by atoms with Gasteiger partial charge in [0.1, 0.15) is 0 Å². The minimum Gasteiger partial charge on any atom is -0.302 e. The molecule has 17 heavy (non-hydrogen) atoms. The molecule has 2 rings (SSSR count). The van der Waals surface area contributed by atoms with Gasteiger partial charge in [-0.1, -0.05) is 12.8 Å². The lowest BCUT2D eigenvalue weighted by Crippen LogP contribution is -2.20. The second-order valence-corrected chi connectivity index (χ2v) is 4.86. The van der Waals surface area contributed by atoms with Crippen molar-refractivity contribution in [1.82, 2.24) is 4.98 Å². The molecule has 1 aliphatic rings. The van der Waals surface area contributed by atoms with Gasteiger partial charge in [0, 0.05) is 11.3 Å². The van der Waals surface area contributed by atoms with Crippen LogP contribution in [0.15, 0.2) is 5.38 Å². The monoisotopic (exact) mass is 264 g/mol. The molecule has 1 amide bonds. The van der Waals surface area contributed by atoms with Gasteiger partial charge in [-0.3, -0.25) is 4.79 Å². The van der Waals surface area contributed by atoms with Crippen LogP contribution in [0.1, 0.15) is 31.4 Å². The topological polar surface area (TPSA) is 42.0 Å². The molecule has 1 N–H and O–H groups in total. The molecular weight excluding hydrogens is 253 g/mol. The Kier molecular flexibility index (Phi) is 3.37. The van der Waals surface area contributed by atoms with Gasteiger partial charge >= 0.3 is 6.18 Å². The fraction of sp³-hybridized carbons (Fsp3) is 0.600. The zero-order chi connectivity index (χ0) is 12.5. The summed E-state index contributed by atoms with van der Waals surface area (Å²) >= 11 is 0.800. The highest BCUT2D eigenvalue weighted by molar-refractivity contribution is 7.13. The summed E-state index contributed by atoms with van der Waals surface area (Å²) in [5.41, 5.74) is -0.954. The summed E-state index contributed by atoms with van der Waals surface area (Å²) in [5.74, 6) is -0.293. The van der Waals surface area contributed by atoms with E-state index >= 15 is 0 Å². The zero-order valence-electron chi connectivity index (χ0n) is 8.88. The van der Waals surface area contributed by atoms with Crippen molar-refractivity contribution >= 4 is 22.4 Å². The number of aromatic nitrogens is 1. The van der Waals surface area contributed by atoms with Gasteiger partial charge in [0.05, 0.1) is 0 Å². The van der Waals surface area contributed by atoms with Crippen LogP contribution in [0.25, 0.3) is 0 Å². The van der Waals surface area contributed by atoms with E-state index in [1.807, 2.05) is 0 Å². The zero-order valence-corrected chi connectivity index (χ0v) is 9.70. The third kappa shape index (κ3) is 2.96.